The normalized spacial score (nSPS) is 14.0. The third-order valence-electron chi connectivity index (χ3n) is 3.71. The van der Waals surface area contributed by atoms with Gasteiger partial charge in [-0.25, -0.2) is 4.79 Å². The Morgan fingerprint density at radius 3 is 2.33 bits per heavy atom. The first-order valence-electron chi connectivity index (χ1n) is 7.35. The molecule has 21 heavy (non-hydrogen) atoms. The number of carboxylic acid groups (broad SMARTS) is 1. The molecule has 1 aromatic rings. The summed E-state index contributed by atoms with van der Waals surface area (Å²) in [6.07, 6.45) is 3.34. The molecule has 2 rings (SSSR count). The van der Waals surface area contributed by atoms with Crippen LogP contribution in [0.15, 0.2) is 12.1 Å². The molecule has 1 fully saturated rings. The fraction of sp³-hybridized carbons (Fsp3) is 0.500. The number of hydrogen-bond donors (Lipinski definition) is 3. The van der Waals surface area contributed by atoms with Gasteiger partial charge in [-0.1, -0.05) is 12.1 Å². The highest BCUT2D eigenvalue weighted by Crippen LogP contribution is 2.19. The van der Waals surface area contributed by atoms with Gasteiger partial charge < -0.3 is 15.7 Å². The molecule has 0 saturated heterocycles. The largest absolute Gasteiger partial charge is 0.478 e. The second kappa shape index (κ2) is 6.72. The SMILES string of the molecule is Cc1ccc(C)c(C(=O)NCCCNC2CC2)c1C(=O)O. The minimum atomic E-state index is -1.06. The average molecular weight is 290 g/mol. The minimum Gasteiger partial charge on any atom is -0.478 e. The molecule has 1 aliphatic carbocycles. The molecule has 1 saturated carbocycles. The first kappa shape index (κ1) is 15.5. The number of amides is 1. The summed E-state index contributed by atoms with van der Waals surface area (Å²) in [6.45, 7) is 4.89. The van der Waals surface area contributed by atoms with Crippen molar-refractivity contribution in [3.05, 3.63) is 34.4 Å². The molecule has 5 heteroatoms. The van der Waals surface area contributed by atoms with Gasteiger partial charge in [0.1, 0.15) is 0 Å². The first-order valence-corrected chi connectivity index (χ1v) is 7.35. The Kier molecular flexibility index (Phi) is 4.96. The van der Waals surface area contributed by atoms with Crippen LogP contribution < -0.4 is 10.6 Å². The van der Waals surface area contributed by atoms with E-state index in [2.05, 4.69) is 10.6 Å². The maximum atomic E-state index is 12.3. The van der Waals surface area contributed by atoms with Gasteiger partial charge in [-0.3, -0.25) is 4.79 Å². The van der Waals surface area contributed by atoms with Gasteiger partial charge in [-0.05, 0) is 50.8 Å². The molecule has 1 aromatic carbocycles. The Morgan fingerprint density at radius 1 is 1.14 bits per heavy atom. The van der Waals surface area contributed by atoms with E-state index in [0.717, 1.165) is 13.0 Å². The number of carboxylic acids is 1. The molecule has 0 aliphatic heterocycles. The fourth-order valence-corrected chi connectivity index (χ4v) is 2.35. The number of carbonyl (C=O) groups is 2. The van der Waals surface area contributed by atoms with Crippen LogP contribution in [0, 0.1) is 13.8 Å². The maximum absolute atomic E-state index is 12.3. The molecule has 3 N–H and O–H groups in total. The molecule has 0 unspecified atom stereocenters. The highest BCUT2D eigenvalue weighted by molar-refractivity contribution is 6.06. The van der Waals surface area contributed by atoms with E-state index in [-0.39, 0.29) is 17.0 Å². The van der Waals surface area contributed by atoms with Crippen molar-refractivity contribution in [1.82, 2.24) is 10.6 Å². The van der Waals surface area contributed by atoms with Gasteiger partial charge in [0.25, 0.3) is 5.91 Å². The summed E-state index contributed by atoms with van der Waals surface area (Å²) in [5, 5.41) is 15.5. The molecule has 114 valence electrons. The van der Waals surface area contributed by atoms with E-state index in [1.54, 1.807) is 26.0 Å². The summed E-state index contributed by atoms with van der Waals surface area (Å²) in [5.41, 5.74) is 1.67. The molecular formula is C16H22N2O3. The van der Waals surface area contributed by atoms with E-state index in [9.17, 15) is 14.7 Å². The van der Waals surface area contributed by atoms with Gasteiger partial charge in [0.2, 0.25) is 0 Å². The number of aromatic carboxylic acids is 1. The standard InChI is InChI=1S/C16H22N2O3/c1-10-4-5-11(2)14(16(20)21)13(10)15(19)18-9-3-8-17-12-6-7-12/h4-5,12,17H,3,6-9H2,1-2H3,(H,18,19)(H,20,21). The van der Waals surface area contributed by atoms with Crippen LogP contribution in [0.2, 0.25) is 0 Å². The van der Waals surface area contributed by atoms with E-state index in [0.29, 0.717) is 23.7 Å². The lowest BCUT2D eigenvalue weighted by Gasteiger charge is -2.12. The summed E-state index contributed by atoms with van der Waals surface area (Å²) in [5.74, 6) is -1.36. The van der Waals surface area contributed by atoms with Crippen LogP contribution >= 0.6 is 0 Å². The Hall–Kier alpha value is -1.88. The van der Waals surface area contributed by atoms with Crippen LogP contribution in [-0.4, -0.2) is 36.1 Å². The lowest BCUT2D eigenvalue weighted by atomic mass is 9.96. The van der Waals surface area contributed by atoms with Crippen LogP contribution in [-0.2, 0) is 0 Å². The van der Waals surface area contributed by atoms with E-state index in [1.807, 2.05) is 0 Å². The van der Waals surface area contributed by atoms with Crippen molar-refractivity contribution in [2.24, 2.45) is 0 Å². The average Bonchev–Trinajstić information content (AvgIpc) is 3.24. The van der Waals surface area contributed by atoms with Crippen LogP contribution in [0.5, 0.6) is 0 Å². The van der Waals surface area contributed by atoms with Crippen LogP contribution in [0.3, 0.4) is 0 Å². The summed E-state index contributed by atoms with van der Waals surface area (Å²) in [4.78, 5) is 23.6. The highest BCUT2D eigenvalue weighted by atomic mass is 16.4. The number of rotatable bonds is 7. The van der Waals surface area contributed by atoms with Crippen molar-refractivity contribution in [3.8, 4) is 0 Å². The zero-order valence-electron chi connectivity index (χ0n) is 12.5. The predicted molar refractivity (Wildman–Crippen MR) is 80.9 cm³/mol. The number of aryl methyl sites for hydroxylation is 2. The topological polar surface area (TPSA) is 78.4 Å². The van der Waals surface area contributed by atoms with Gasteiger partial charge in [0, 0.05) is 12.6 Å². The fourth-order valence-electron chi connectivity index (χ4n) is 2.35. The Labute approximate surface area is 124 Å². The van der Waals surface area contributed by atoms with E-state index < -0.39 is 5.97 Å². The van der Waals surface area contributed by atoms with Crippen molar-refractivity contribution in [2.45, 2.75) is 39.2 Å². The minimum absolute atomic E-state index is 0.101. The van der Waals surface area contributed by atoms with Gasteiger partial charge in [0.05, 0.1) is 11.1 Å². The van der Waals surface area contributed by atoms with E-state index in [1.165, 1.54) is 12.8 Å². The molecule has 1 aliphatic rings. The molecule has 0 heterocycles. The van der Waals surface area contributed by atoms with E-state index in [4.69, 9.17) is 0 Å². The lowest BCUT2D eigenvalue weighted by Crippen LogP contribution is -2.30. The maximum Gasteiger partial charge on any atom is 0.336 e. The third-order valence-corrected chi connectivity index (χ3v) is 3.71. The second-order valence-corrected chi connectivity index (χ2v) is 5.59. The number of benzene rings is 1. The zero-order valence-corrected chi connectivity index (χ0v) is 12.5. The van der Waals surface area contributed by atoms with Crippen molar-refractivity contribution in [2.75, 3.05) is 13.1 Å². The van der Waals surface area contributed by atoms with Crippen LogP contribution in [0.1, 0.15) is 51.1 Å². The lowest BCUT2D eigenvalue weighted by molar-refractivity contribution is 0.0690. The van der Waals surface area contributed by atoms with Crippen LogP contribution in [0.4, 0.5) is 0 Å². The monoisotopic (exact) mass is 290 g/mol. The quantitative estimate of drug-likeness (QED) is 0.670. The highest BCUT2D eigenvalue weighted by Gasteiger charge is 2.21. The first-order chi connectivity index (χ1) is 10.0. The Balaban J connectivity index is 1.97. The summed E-state index contributed by atoms with van der Waals surface area (Å²) in [7, 11) is 0. The zero-order chi connectivity index (χ0) is 15.4. The van der Waals surface area contributed by atoms with Crippen molar-refractivity contribution >= 4 is 11.9 Å². The molecule has 0 spiro atoms. The van der Waals surface area contributed by atoms with Gasteiger partial charge in [-0.2, -0.15) is 0 Å². The number of nitrogens with one attached hydrogen (secondary N) is 2. The number of carbonyl (C=O) groups excluding carboxylic acids is 1. The summed E-state index contributed by atoms with van der Waals surface area (Å²) >= 11 is 0. The molecule has 0 radical (unpaired) electrons. The molecule has 0 atom stereocenters. The smallest absolute Gasteiger partial charge is 0.336 e. The molecule has 0 bridgehead atoms. The molecule has 1 amide bonds. The molecule has 5 nitrogen and oxygen atoms in total. The van der Waals surface area contributed by atoms with E-state index >= 15 is 0 Å². The predicted octanol–water partition coefficient (Wildman–Crippen LogP) is 1.87. The Morgan fingerprint density at radius 2 is 1.76 bits per heavy atom. The summed E-state index contributed by atoms with van der Waals surface area (Å²) < 4.78 is 0. The van der Waals surface area contributed by atoms with Gasteiger partial charge in [-0.15, -0.1) is 0 Å². The third kappa shape index (κ3) is 4.04. The molecular weight excluding hydrogens is 268 g/mol. The van der Waals surface area contributed by atoms with Gasteiger partial charge in [0.15, 0.2) is 0 Å². The van der Waals surface area contributed by atoms with Crippen molar-refractivity contribution < 1.29 is 14.7 Å². The van der Waals surface area contributed by atoms with Crippen molar-refractivity contribution in [3.63, 3.8) is 0 Å². The van der Waals surface area contributed by atoms with Crippen molar-refractivity contribution in [1.29, 1.82) is 0 Å². The second-order valence-electron chi connectivity index (χ2n) is 5.59. The number of hydrogen-bond acceptors (Lipinski definition) is 3. The Bertz CT molecular complexity index is 551. The summed E-state index contributed by atoms with van der Waals surface area (Å²) in [6, 6.07) is 4.18. The molecule has 0 aromatic heterocycles. The van der Waals surface area contributed by atoms with Crippen LogP contribution in [0.25, 0.3) is 0 Å². The van der Waals surface area contributed by atoms with Gasteiger partial charge >= 0.3 is 5.97 Å².